The van der Waals surface area contributed by atoms with Crippen LogP contribution < -0.4 is 11.1 Å². The van der Waals surface area contributed by atoms with Crippen LogP contribution in [0.3, 0.4) is 0 Å². The van der Waals surface area contributed by atoms with Gasteiger partial charge in [-0.2, -0.15) is 0 Å². The lowest BCUT2D eigenvalue weighted by molar-refractivity contribution is 0.0190. The predicted octanol–water partition coefficient (Wildman–Crippen LogP) is 2.58. The topological polar surface area (TPSA) is 89.2 Å². The molecule has 0 aliphatic heterocycles. The number of hydrogen-bond acceptors (Lipinski definition) is 4. The number of rotatable bonds is 8. The smallest absolute Gasteiger partial charge is 0.410 e. The summed E-state index contributed by atoms with van der Waals surface area (Å²) in [5, 5.41) is 3.04. The van der Waals surface area contributed by atoms with Gasteiger partial charge in [0.25, 0.3) is 0 Å². The molecule has 0 heterocycles. The van der Waals surface area contributed by atoms with Crippen molar-refractivity contribution in [3.05, 3.63) is 0 Å². The van der Waals surface area contributed by atoms with E-state index in [4.69, 9.17) is 15.2 Å². The molecule has 0 aromatic carbocycles. The maximum atomic E-state index is 12.2. The number of carbonyl (C=O) groups is 1. The van der Waals surface area contributed by atoms with Crippen molar-refractivity contribution in [2.45, 2.75) is 65.6 Å². The number of halogens is 1. The molecule has 1 atom stereocenters. The molecule has 0 bridgehead atoms. The molecule has 0 aliphatic rings. The third-order valence-corrected chi connectivity index (χ3v) is 2.90. The number of carbonyl (C=O) groups excluding carboxylic acids is 1. The van der Waals surface area contributed by atoms with Crippen LogP contribution in [0.2, 0.25) is 0 Å². The minimum Gasteiger partial charge on any atom is -0.444 e. The molecule has 0 fully saturated rings. The summed E-state index contributed by atoms with van der Waals surface area (Å²) in [5.41, 5.74) is 5.31. The Morgan fingerprint density at radius 1 is 1.29 bits per heavy atom. The SMILES string of the molecule is COCC(C)NC(N)=NCCCN(C(=O)OC(C)(C)C)C(C)C.I. The molecule has 1 amide bonds. The fourth-order valence-electron chi connectivity index (χ4n) is 1.91. The Kier molecular flexibility index (Phi) is 13.3. The summed E-state index contributed by atoms with van der Waals surface area (Å²) in [6, 6.07) is 0.184. The molecule has 0 aromatic rings. The highest BCUT2D eigenvalue weighted by Crippen LogP contribution is 2.12. The Morgan fingerprint density at radius 3 is 2.33 bits per heavy atom. The molecule has 0 aliphatic carbocycles. The van der Waals surface area contributed by atoms with E-state index in [1.165, 1.54) is 0 Å². The van der Waals surface area contributed by atoms with Gasteiger partial charge in [0.15, 0.2) is 5.96 Å². The van der Waals surface area contributed by atoms with Crippen LogP contribution in [0.25, 0.3) is 0 Å². The highest BCUT2D eigenvalue weighted by atomic mass is 127. The molecule has 0 radical (unpaired) electrons. The van der Waals surface area contributed by atoms with E-state index in [1.807, 2.05) is 41.5 Å². The van der Waals surface area contributed by atoms with Crippen LogP contribution >= 0.6 is 24.0 Å². The first kappa shape index (κ1) is 25.5. The van der Waals surface area contributed by atoms with Crippen molar-refractivity contribution in [3.63, 3.8) is 0 Å². The van der Waals surface area contributed by atoms with Crippen LogP contribution in [-0.4, -0.2) is 61.4 Å². The maximum Gasteiger partial charge on any atom is 0.410 e. The van der Waals surface area contributed by atoms with E-state index >= 15 is 0 Å². The van der Waals surface area contributed by atoms with Gasteiger partial charge in [-0.3, -0.25) is 4.99 Å². The fraction of sp³-hybridized carbons (Fsp3) is 0.875. The van der Waals surface area contributed by atoms with Gasteiger partial charge in [-0.05, 0) is 48.0 Å². The maximum absolute atomic E-state index is 12.2. The van der Waals surface area contributed by atoms with Crippen molar-refractivity contribution in [1.29, 1.82) is 0 Å². The third kappa shape index (κ3) is 12.6. The Hall–Kier alpha value is -0.770. The van der Waals surface area contributed by atoms with E-state index in [0.717, 1.165) is 6.42 Å². The van der Waals surface area contributed by atoms with Gasteiger partial charge < -0.3 is 25.4 Å². The van der Waals surface area contributed by atoms with Gasteiger partial charge >= 0.3 is 6.09 Å². The number of nitrogens with zero attached hydrogens (tertiary/aromatic N) is 2. The van der Waals surface area contributed by atoms with Crippen LogP contribution in [0.5, 0.6) is 0 Å². The molecule has 0 saturated heterocycles. The standard InChI is InChI=1S/C16H34N4O3.HI/c1-12(2)20(15(21)23-16(4,5)6)10-8-9-18-14(17)19-13(3)11-22-7;/h12-13H,8-11H2,1-7H3,(H3,17,18,19);1H. The molecule has 0 aromatic heterocycles. The molecule has 0 saturated carbocycles. The molecular formula is C16H35IN4O3. The zero-order valence-electron chi connectivity index (χ0n) is 16.1. The van der Waals surface area contributed by atoms with Gasteiger partial charge in [0.1, 0.15) is 5.60 Å². The molecule has 0 spiro atoms. The molecule has 3 N–H and O–H groups in total. The number of nitrogens with two attached hydrogens (primary N) is 1. The summed E-state index contributed by atoms with van der Waals surface area (Å²) >= 11 is 0. The van der Waals surface area contributed by atoms with Crippen molar-refractivity contribution >= 4 is 36.0 Å². The first-order valence-corrected chi connectivity index (χ1v) is 8.11. The second-order valence-electron chi connectivity index (χ2n) is 6.89. The third-order valence-electron chi connectivity index (χ3n) is 2.90. The zero-order valence-corrected chi connectivity index (χ0v) is 18.4. The number of amides is 1. The summed E-state index contributed by atoms with van der Waals surface area (Å²) < 4.78 is 10.4. The lowest BCUT2D eigenvalue weighted by Crippen LogP contribution is -2.42. The van der Waals surface area contributed by atoms with E-state index < -0.39 is 5.60 Å². The summed E-state index contributed by atoms with van der Waals surface area (Å²) in [4.78, 5) is 18.1. The van der Waals surface area contributed by atoms with Crippen molar-refractivity contribution < 1.29 is 14.3 Å². The minimum atomic E-state index is -0.492. The van der Waals surface area contributed by atoms with Gasteiger partial charge in [0, 0.05) is 32.3 Å². The van der Waals surface area contributed by atoms with E-state index in [1.54, 1.807) is 12.0 Å². The van der Waals surface area contributed by atoms with E-state index in [2.05, 4.69) is 10.3 Å². The van der Waals surface area contributed by atoms with E-state index in [0.29, 0.717) is 25.7 Å². The Bertz CT molecular complexity index is 384. The van der Waals surface area contributed by atoms with Crippen LogP contribution in [-0.2, 0) is 9.47 Å². The number of ether oxygens (including phenoxy) is 2. The van der Waals surface area contributed by atoms with Gasteiger partial charge in [0.05, 0.1) is 6.61 Å². The Morgan fingerprint density at radius 2 is 1.88 bits per heavy atom. The van der Waals surface area contributed by atoms with Gasteiger partial charge in [-0.15, -0.1) is 24.0 Å². The molecule has 0 rings (SSSR count). The van der Waals surface area contributed by atoms with Crippen LogP contribution in [0.15, 0.2) is 4.99 Å². The van der Waals surface area contributed by atoms with Crippen molar-refractivity contribution in [3.8, 4) is 0 Å². The largest absolute Gasteiger partial charge is 0.444 e. The van der Waals surface area contributed by atoms with Crippen molar-refractivity contribution in [2.75, 3.05) is 26.8 Å². The van der Waals surface area contributed by atoms with E-state index in [9.17, 15) is 4.79 Å². The number of methoxy groups -OCH3 is 1. The second-order valence-corrected chi connectivity index (χ2v) is 6.89. The molecule has 7 nitrogen and oxygen atoms in total. The van der Waals surface area contributed by atoms with Gasteiger partial charge in [-0.25, -0.2) is 4.79 Å². The molecule has 144 valence electrons. The zero-order chi connectivity index (χ0) is 18.0. The first-order valence-electron chi connectivity index (χ1n) is 8.11. The predicted molar refractivity (Wildman–Crippen MR) is 109 cm³/mol. The average Bonchev–Trinajstić information content (AvgIpc) is 2.35. The number of aliphatic imine (C=N–C) groups is 1. The summed E-state index contributed by atoms with van der Waals surface area (Å²) in [6.07, 6.45) is 0.426. The minimum absolute atomic E-state index is 0. The number of guanidine groups is 1. The lowest BCUT2D eigenvalue weighted by Gasteiger charge is -2.30. The summed E-state index contributed by atoms with van der Waals surface area (Å²) in [6.45, 7) is 13.2. The van der Waals surface area contributed by atoms with Crippen LogP contribution in [0.1, 0.15) is 48.0 Å². The highest BCUT2D eigenvalue weighted by molar-refractivity contribution is 14.0. The van der Waals surface area contributed by atoms with E-state index in [-0.39, 0.29) is 42.2 Å². The average molecular weight is 458 g/mol. The summed E-state index contributed by atoms with van der Waals surface area (Å²) in [5.74, 6) is 0.392. The van der Waals surface area contributed by atoms with Crippen LogP contribution in [0.4, 0.5) is 4.79 Å². The number of nitrogens with one attached hydrogen (secondary N) is 1. The number of hydrogen-bond donors (Lipinski definition) is 2. The first-order chi connectivity index (χ1) is 10.6. The van der Waals surface area contributed by atoms with Crippen LogP contribution in [0, 0.1) is 0 Å². The van der Waals surface area contributed by atoms with Gasteiger partial charge in [0.2, 0.25) is 0 Å². The quantitative estimate of drug-likeness (QED) is 0.253. The van der Waals surface area contributed by atoms with Gasteiger partial charge in [-0.1, -0.05) is 0 Å². The second kappa shape index (κ2) is 12.6. The normalized spacial score (nSPS) is 13.2. The van der Waals surface area contributed by atoms with Crippen molar-refractivity contribution in [1.82, 2.24) is 10.2 Å². The molecular weight excluding hydrogens is 423 g/mol. The highest BCUT2D eigenvalue weighted by Gasteiger charge is 2.23. The molecule has 24 heavy (non-hydrogen) atoms. The molecule has 8 heteroatoms. The molecule has 1 unspecified atom stereocenters. The lowest BCUT2D eigenvalue weighted by atomic mass is 10.2. The summed E-state index contributed by atoms with van der Waals surface area (Å²) in [7, 11) is 1.64. The van der Waals surface area contributed by atoms with Crippen molar-refractivity contribution in [2.24, 2.45) is 10.7 Å². The Balaban J connectivity index is 0. The fourth-order valence-corrected chi connectivity index (χ4v) is 1.91. The Labute approximate surface area is 163 Å². The monoisotopic (exact) mass is 458 g/mol.